The molecule has 10 nitrogen and oxygen atoms in total. The Morgan fingerprint density at radius 2 is 0.446 bits per heavy atom. The van der Waals surface area contributed by atoms with Crippen LogP contribution in [0.2, 0.25) is 0 Å². The Hall–Kier alpha value is -19.7. The third kappa shape index (κ3) is 13.8. The van der Waals surface area contributed by atoms with Crippen LogP contribution in [-0.4, -0.2) is 0 Å². The van der Waals surface area contributed by atoms with Gasteiger partial charge in [-0.2, -0.15) is 0 Å². The maximum atomic E-state index is 7.23. The number of anilines is 12. The van der Waals surface area contributed by atoms with Crippen molar-refractivity contribution in [2.45, 2.75) is 13.8 Å². The van der Waals surface area contributed by atoms with Crippen LogP contribution >= 0.6 is 0 Å². The molecule has 0 fully saturated rings. The SMILES string of the molecule is Cc1ccc2c(oc3ccccc32)c1N(c1ccccc1)c1ccc(-c2ccc3cc4c(cc3c2)oc2cc3cc(-c5ccc(N(c6cccc(-c7ccc(N(c8ccccc8)c8ccc(-c9ccc%10cc%11c(cc%10c9)oc9cc%10cc(-c%12ccc(N(c%13ccccc%13)c%13cccc%14c%13oc%13ccccc%13%14)cc%12)ccc%10cc9%11)cc8)c8oc9ccccc9c78)c6)c6c(C)ccc7c6oc6ccccc67)cc5)ccc3cc24)cc1. The van der Waals surface area contributed by atoms with Gasteiger partial charge in [-0.1, -0.05) is 279 Å². The average molecular weight is 1900 g/mol. The normalized spacial score (nSPS) is 12.0. The Balaban J connectivity index is 0.451. The molecule has 0 aliphatic carbocycles. The molecule has 0 radical (unpaired) electrons. The van der Waals surface area contributed by atoms with Crippen molar-refractivity contribution in [1.82, 2.24) is 0 Å². The summed E-state index contributed by atoms with van der Waals surface area (Å²) in [6.45, 7) is 4.35. The largest absolute Gasteiger partial charge is 0.456 e. The van der Waals surface area contributed by atoms with E-state index < -0.39 is 0 Å². The first-order valence-electron chi connectivity index (χ1n) is 50.3. The second-order valence-electron chi connectivity index (χ2n) is 39.0. The van der Waals surface area contributed by atoms with Gasteiger partial charge in [-0.3, -0.25) is 0 Å². The number of hydrogen-bond donors (Lipinski definition) is 0. The maximum absolute atomic E-state index is 7.23. The highest BCUT2D eigenvalue weighted by Gasteiger charge is 2.30. The monoisotopic (exact) mass is 1890 g/mol. The number of furan rings is 6. The standard InChI is InChI=1S/C138H86N4O6/c1-83-40-66-115-112-31-13-17-37-125(112)146-136(115)133(83)141(104-27-10-5-11-28-104)107-62-54-87(55-63-107)91-44-48-95-77-120-121-78-96-49-45-92(73-101(96)82-131(121)144-130(120)81-100(95)72-91)88-56-64-108(65-57-88)142(134-84(2)41-67-116-113-32-14-18-38-126(113)147-137(116)134)109-29-20-22-97(74-109)110-68-69-123(138-132(110)117-33-15-19-39-127(117)148-138)140(103-25-8-4-9-26-103)106-60-52-86(53-61-106)90-43-47-94-76-119-118-75-93-46-42-89(70-98(93)79-128(118)143-129(119)80-99(94)71-90)85-50-58-105(59-51-85)139(102-23-6-3-7-24-102)122-35-21-34-114-111-30-12-16-36-124(111)145-135(114)122/h3-82H,1-2H3. The fourth-order valence-electron chi connectivity index (χ4n) is 23.1. The van der Waals surface area contributed by atoms with Crippen molar-refractivity contribution in [3.05, 3.63) is 496 Å². The van der Waals surface area contributed by atoms with Crippen LogP contribution in [0.1, 0.15) is 11.1 Å². The maximum Gasteiger partial charge on any atom is 0.160 e. The fraction of sp³-hybridized carbons (Fsp3) is 0.0145. The minimum absolute atomic E-state index is 0.773. The molecule has 0 N–H and O–H groups in total. The molecule has 0 amide bonds. The van der Waals surface area contributed by atoms with Gasteiger partial charge in [0.05, 0.1) is 22.7 Å². The predicted molar refractivity (Wildman–Crippen MR) is 616 cm³/mol. The number of hydrogen-bond acceptors (Lipinski definition) is 10. The molecule has 0 aliphatic heterocycles. The van der Waals surface area contributed by atoms with Gasteiger partial charge in [0.15, 0.2) is 22.3 Å². The highest BCUT2D eigenvalue weighted by atomic mass is 16.4. The number of aryl methyl sites for hydroxylation is 2. The molecule has 0 unspecified atom stereocenters. The van der Waals surface area contributed by atoms with Gasteiger partial charge < -0.3 is 46.1 Å². The molecule has 24 aromatic carbocycles. The lowest BCUT2D eigenvalue weighted by atomic mass is 9.96. The Labute approximate surface area is 849 Å². The number of fused-ring (bicyclic) bond motifs is 22. The first-order chi connectivity index (χ1) is 73.1. The second-order valence-corrected chi connectivity index (χ2v) is 39.0. The van der Waals surface area contributed by atoms with E-state index in [2.05, 4.69) is 488 Å². The molecule has 30 aromatic rings. The smallest absolute Gasteiger partial charge is 0.160 e. The summed E-state index contributed by atoms with van der Waals surface area (Å²) in [5.41, 5.74) is 35.2. The zero-order valence-corrected chi connectivity index (χ0v) is 80.4. The van der Waals surface area contributed by atoms with Gasteiger partial charge in [0, 0.05) is 110 Å². The summed E-state index contributed by atoms with van der Waals surface area (Å²) < 4.78 is 41.3. The van der Waals surface area contributed by atoms with Crippen molar-refractivity contribution in [1.29, 1.82) is 0 Å². The lowest BCUT2D eigenvalue weighted by Gasteiger charge is -2.28. The van der Waals surface area contributed by atoms with Gasteiger partial charge in [0.1, 0.15) is 44.7 Å². The molecule has 30 rings (SSSR count). The van der Waals surface area contributed by atoms with Gasteiger partial charge in [-0.15, -0.1) is 0 Å². The summed E-state index contributed by atoms with van der Waals surface area (Å²) in [6, 6.07) is 174. The van der Waals surface area contributed by atoms with E-state index in [0.717, 1.165) is 310 Å². The minimum Gasteiger partial charge on any atom is -0.456 e. The molecule has 10 heteroatoms. The predicted octanol–water partition coefficient (Wildman–Crippen LogP) is 40.5. The summed E-state index contributed by atoms with van der Waals surface area (Å²) in [5.74, 6) is 0. The van der Waals surface area contributed by atoms with Crippen LogP contribution in [0.15, 0.2) is 512 Å². The molecule has 0 saturated carbocycles. The number of para-hydroxylation sites is 8. The van der Waals surface area contributed by atoms with Crippen LogP contribution in [0, 0.1) is 13.8 Å². The van der Waals surface area contributed by atoms with Crippen molar-refractivity contribution in [2.75, 3.05) is 19.6 Å². The minimum atomic E-state index is 0.773. The van der Waals surface area contributed by atoms with Crippen LogP contribution in [0.3, 0.4) is 0 Å². The van der Waals surface area contributed by atoms with Crippen LogP contribution in [0.5, 0.6) is 0 Å². The van der Waals surface area contributed by atoms with Crippen molar-refractivity contribution < 1.29 is 26.5 Å². The lowest BCUT2D eigenvalue weighted by molar-refractivity contribution is 0.668. The summed E-state index contributed by atoms with van der Waals surface area (Å²) in [4.78, 5) is 9.30. The van der Waals surface area contributed by atoms with E-state index in [1.165, 1.54) is 0 Å². The summed E-state index contributed by atoms with van der Waals surface area (Å²) in [7, 11) is 0. The van der Waals surface area contributed by atoms with Gasteiger partial charge in [0.2, 0.25) is 0 Å². The third-order valence-electron chi connectivity index (χ3n) is 30.3. The van der Waals surface area contributed by atoms with Crippen LogP contribution in [0.25, 0.3) is 230 Å². The van der Waals surface area contributed by atoms with Gasteiger partial charge in [0.25, 0.3) is 0 Å². The van der Waals surface area contributed by atoms with E-state index >= 15 is 0 Å². The van der Waals surface area contributed by atoms with E-state index in [9.17, 15) is 0 Å². The van der Waals surface area contributed by atoms with E-state index in [0.29, 0.717) is 0 Å². The van der Waals surface area contributed by atoms with E-state index in [4.69, 9.17) is 26.5 Å². The zero-order chi connectivity index (χ0) is 97.5. The summed E-state index contributed by atoms with van der Waals surface area (Å²) in [5, 5.41) is 21.9. The Kier molecular flexibility index (Phi) is 19.0. The van der Waals surface area contributed by atoms with Crippen molar-refractivity contribution in [3.63, 3.8) is 0 Å². The fourth-order valence-corrected chi connectivity index (χ4v) is 23.1. The van der Waals surface area contributed by atoms with E-state index in [1.807, 2.05) is 30.3 Å². The lowest BCUT2D eigenvalue weighted by Crippen LogP contribution is -2.12. The molecule has 0 atom stereocenters. The molecular formula is C138H86N4O6. The summed E-state index contributed by atoms with van der Waals surface area (Å²) in [6.07, 6.45) is 0. The highest BCUT2D eigenvalue weighted by molar-refractivity contribution is 6.21. The molecule has 0 bridgehead atoms. The Bertz CT molecular complexity index is 10700. The van der Waals surface area contributed by atoms with Crippen LogP contribution in [-0.2, 0) is 0 Å². The van der Waals surface area contributed by atoms with Gasteiger partial charge in [-0.05, 0) is 330 Å². The highest BCUT2D eigenvalue weighted by Crippen LogP contribution is 2.54. The van der Waals surface area contributed by atoms with Crippen molar-refractivity contribution >= 4 is 243 Å². The number of nitrogens with zero attached hydrogens (tertiary/aromatic N) is 4. The second kappa shape index (κ2) is 33.5. The summed E-state index contributed by atoms with van der Waals surface area (Å²) >= 11 is 0. The molecule has 0 spiro atoms. The van der Waals surface area contributed by atoms with Crippen molar-refractivity contribution in [2.24, 2.45) is 0 Å². The molecule has 0 saturated heterocycles. The topological polar surface area (TPSA) is 91.8 Å². The van der Waals surface area contributed by atoms with Crippen LogP contribution < -0.4 is 19.6 Å². The Morgan fingerprint density at radius 3 is 0.851 bits per heavy atom. The van der Waals surface area contributed by atoms with Gasteiger partial charge in [-0.25, -0.2) is 0 Å². The van der Waals surface area contributed by atoms with E-state index in [1.54, 1.807) is 0 Å². The molecule has 6 heterocycles. The third-order valence-corrected chi connectivity index (χ3v) is 30.3. The molecule has 694 valence electrons. The van der Waals surface area contributed by atoms with Gasteiger partial charge >= 0.3 is 0 Å². The first-order valence-corrected chi connectivity index (χ1v) is 50.3. The molecular weight excluding hydrogens is 1810 g/mol. The number of benzene rings is 24. The van der Waals surface area contributed by atoms with E-state index in [-0.39, 0.29) is 0 Å². The molecule has 6 aromatic heterocycles. The molecule has 148 heavy (non-hydrogen) atoms. The number of rotatable bonds is 17. The zero-order valence-electron chi connectivity index (χ0n) is 80.4. The Morgan fingerprint density at radius 1 is 0.149 bits per heavy atom. The van der Waals surface area contributed by atoms with Crippen molar-refractivity contribution in [3.8, 4) is 55.6 Å². The first kappa shape index (κ1) is 84.0. The quantitative estimate of drug-likeness (QED) is 0.0878. The van der Waals surface area contributed by atoms with Crippen LogP contribution in [0.4, 0.5) is 68.2 Å². The average Bonchev–Trinajstić information content (AvgIpc) is 1.47. The molecule has 0 aliphatic rings.